The summed E-state index contributed by atoms with van der Waals surface area (Å²) >= 11 is 4.87. The van der Waals surface area contributed by atoms with Gasteiger partial charge in [-0.2, -0.15) is 0 Å². The molecule has 1 aliphatic rings. The molecule has 1 aromatic rings. The highest BCUT2D eigenvalue weighted by Crippen LogP contribution is 2.18. The van der Waals surface area contributed by atoms with Gasteiger partial charge < -0.3 is 10.6 Å². The van der Waals surface area contributed by atoms with E-state index in [9.17, 15) is 4.39 Å². The fourth-order valence-corrected chi connectivity index (χ4v) is 2.79. The maximum atomic E-state index is 14.1. The maximum absolute atomic E-state index is 14.1. The van der Waals surface area contributed by atoms with Crippen molar-refractivity contribution >= 4 is 17.2 Å². The number of nitrogens with zero attached hydrogens (tertiary/aromatic N) is 2. The lowest BCUT2D eigenvalue weighted by atomic mass is 10.0. The van der Waals surface area contributed by atoms with Crippen LogP contribution >= 0.6 is 12.2 Å². The fourth-order valence-electron chi connectivity index (χ4n) is 2.67. The zero-order chi connectivity index (χ0) is 14.7. The molecule has 1 fully saturated rings. The summed E-state index contributed by atoms with van der Waals surface area (Å²) in [5.74, 6) is -0.220. The summed E-state index contributed by atoms with van der Waals surface area (Å²) in [5.41, 5.74) is 6.82. The SMILES string of the molecule is CN(C)C1CCCN(Cc2ccc(C(N)=S)cc2F)C1. The van der Waals surface area contributed by atoms with Crippen LogP contribution in [0.5, 0.6) is 0 Å². The Morgan fingerprint density at radius 2 is 2.25 bits per heavy atom. The Hall–Kier alpha value is -1.04. The quantitative estimate of drug-likeness (QED) is 0.861. The van der Waals surface area contributed by atoms with E-state index in [1.807, 2.05) is 0 Å². The highest BCUT2D eigenvalue weighted by molar-refractivity contribution is 7.80. The van der Waals surface area contributed by atoms with Crippen LogP contribution in [0.3, 0.4) is 0 Å². The molecule has 3 nitrogen and oxygen atoms in total. The summed E-state index contributed by atoms with van der Waals surface area (Å²) in [5, 5.41) is 0. The van der Waals surface area contributed by atoms with Crippen molar-refractivity contribution < 1.29 is 4.39 Å². The lowest BCUT2D eigenvalue weighted by Gasteiger charge is -2.36. The number of benzene rings is 1. The maximum Gasteiger partial charge on any atom is 0.128 e. The van der Waals surface area contributed by atoms with Crippen molar-refractivity contribution in [2.45, 2.75) is 25.4 Å². The van der Waals surface area contributed by atoms with E-state index in [1.165, 1.54) is 12.5 Å². The number of halogens is 1. The number of thiocarbonyl (C=S) groups is 1. The van der Waals surface area contributed by atoms with Crippen molar-refractivity contribution in [3.8, 4) is 0 Å². The van der Waals surface area contributed by atoms with Gasteiger partial charge in [0.2, 0.25) is 0 Å². The third-order valence-corrected chi connectivity index (χ3v) is 4.18. The summed E-state index contributed by atoms with van der Waals surface area (Å²) in [7, 11) is 4.21. The van der Waals surface area contributed by atoms with Crippen LogP contribution in [0.25, 0.3) is 0 Å². The first-order valence-corrected chi connectivity index (χ1v) is 7.35. The van der Waals surface area contributed by atoms with Crippen molar-refractivity contribution in [3.63, 3.8) is 0 Å². The van der Waals surface area contributed by atoms with Gasteiger partial charge in [0.25, 0.3) is 0 Å². The Morgan fingerprint density at radius 3 is 2.85 bits per heavy atom. The molecule has 2 N–H and O–H groups in total. The molecule has 2 rings (SSSR count). The second-order valence-electron chi connectivity index (χ2n) is 5.67. The Bertz CT molecular complexity index is 490. The molecule has 110 valence electrons. The molecule has 5 heteroatoms. The number of likely N-dealkylation sites (tertiary alicyclic amines) is 1. The van der Waals surface area contributed by atoms with Gasteiger partial charge in [0.15, 0.2) is 0 Å². The van der Waals surface area contributed by atoms with Crippen LogP contribution < -0.4 is 5.73 Å². The van der Waals surface area contributed by atoms with E-state index >= 15 is 0 Å². The lowest BCUT2D eigenvalue weighted by Crippen LogP contribution is -2.44. The molecule has 20 heavy (non-hydrogen) atoms. The zero-order valence-corrected chi connectivity index (χ0v) is 12.9. The predicted molar refractivity (Wildman–Crippen MR) is 84.3 cm³/mol. The Morgan fingerprint density at radius 1 is 1.50 bits per heavy atom. The smallest absolute Gasteiger partial charge is 0.128 e. The second-order valence-corrected chi connectivity index (χ2v) is 6.11. The molecule has 0 saturated carbocycles. The molecule has 1 saturated heterocycles. The Labute approximate surface area is 125 Å². The van der Waals surface area contributed by atoms with Crippen LogP contribution in [0, 0.1) is 5.82 Å². The van der Waals surface area contributed by atoms with Crippen LogP contribution in [0.2, 0.25) is 0 Å². The highest BCUT2D eigenvalue weighted by Gasteiger charge is 2.22. The van der Waals surface area contributed by atoms with Gasteiger partial charge in [-0.3, -0.25) is 4.90 Å². The summed E-state index contributed by atoms with van der Waals surface area (Å²) in [6, 6.07) is 5.59. The van der Waals surface area contributed by atoms with E-state index in [0.29, 0.717) is 23.7 Å². The van der Waals surface area contributed by atoms with Crippen LogP contribution in [-0.2, 0) is 6.54 Å². The van der Waals surface area contributed by atoms with Gasteiger partial charge in [-0.25, -0.2) is 4.39 Å². The molecule has 0 radical (unpaired) electrons. The van der Waals surface area contributed by atoms with Crippen LogP contribution in [0.4, 0.5) is 4.39 Å². The van der Waals surface area contributed by atoms with E-state index in [1.54, 1.807) is 12.1 Å². The zero-order valence-electron chi connectivity index (χ0n) is 12.1. The molecular formula is C15H22FN3S. The molecule has 0 bridgehead atoms. The monoisotopic (exact) mass is 295 g/mol. The van der Waals surface area contributed by atoms with E-state index in [4.69, 9.17) is 18.0 Å². The molecule has 1 unspecified atom stereocenters. The highest BCUT2D eigenvalue weighted by atomic mass is 32.1. The first kappa shape index (κ1) is 15.4. The summed E-state index contributed by atoms with van der Waals surface area (Å²) in [6.07, 6.45) is 2.38. The van der Waals surface area contributed by atoms with E-state index < -0.39 is 0 Å². The predicted octanol–water partition coefficient (Wildman–Crippen LogP) is 1.99. The van der Waals surface area contributed by atoms with Gasteiger partial charge in [0.05, 0.1) is 0 Å². The number of nitrogens with two attached hydrogens (primary N) is 1. The molecule has 1 atom stereocenters. The largest absolute Gasteiger partial charge is 0.389 e. The van der Waals surface area contributed by atoms with Crippen molar-refractivity contribution in [1.82, 2.24) is 9.80 Å². The van der Waals surface area contributed by atoms with Gasteiger partial charge in [0, 0.05) is 30.3 Å². The van der Waals surface area contributed by atoms with Crippen molar-refractivity contribution in [2.24, 2.45) is 5.73 Å². The average Bonchev–Trinajstić information content (AvgIpc) is 2.41. The number of hydrogen-bond acceptors (Lipinski definition) is 3. The standard InChI is InChI=1S/C15H22FN3S/c1-18(2)13-4-3-7-19(10-13)9-12-6-5-11(15(17)20)8-14(12)16/h5-6,8,13H,3-4,7,9-10H2,1-2H3,(H2,17,20). The summed E-state index contributed by atoms with van der Waals surface area (Å²) in [4.78, 5) is 4.80. The summed E-state index contributed by atoms with van der Waals surface area (Å²) in [6.45, 7) is 2.66. The van der Waals surface area contributed by atoms with Crippen molar-refractivity contribution in [1.29, 1.82) is 0 Å². The summed E-state index contributed by atoms with van der Waals surface area (Å²) < 4.78 is 14.1. The van der Waals surface area contributed by atoms with Gasteiger partial charge in [-0.1, -0.05) is 24.4 Å². The van der Waals surface area contributed by atoms with E-state index in [-0.39, 0.29) is 10.8 Å². The first-order valence-electron chi connectivity index (χ1n) is 6.94. The average molecular weight is 295 g/mol. The van der Waals surface area contributed by atoms with Gasteiger partial charge in [-0.15, -0.1) is 0 Å². The minimum Gasteiger partial charge on any atom is -0.389 e. The van der Waals surface area contributed by atoms with Crippen molar-refractivity contribution in [3.05, 3.63) is 35.1 Å². The normalized spacial score (nSPS) is 20.3. The Kier molecular flexibility index (Phi) is 5.07. The van der Waals surface area contributed by atoms with Gasteiger partial charge >= 0.3 is 0 Å². The molecule has 0 spiro atoms. The second kappa shape index (κ2) is 6.61. The number of piperidine rings is 1. The van der Waals surface area contributed by atoms with Crippen molar-refractivity contribution in [2.75, 3.05) is 27.2 Å². The van der Waals surface area contributed by atoms with Crippen LogP contribution in [0.1, 0.15) is 24.0 Å². The molecule has 1 aliphatic heterocycles. The van der Waals surface area contributed by atoms with Crippen LogP contribution in [0.15, 0.2) is 18.2 Å². The molecule has 0 aliphatic carbocycles. The number of rotatable bonds is 4. The third-order valence-electron chi connectivity index (χ3n) is 3.94. The molecule has 0 amide bonds. The molecule has 0 aromatic heterocycles. The lowest BCUT2D eigenvalue weighted by molar-refractivity contribution is 0.127. The van der Waals surface area contributed by atoms with E-state index in [2.05, 4.69) is 23.9 Å². The molecule has 1 aromatic carbocycles. The first-order chi connectivity index (χ1) is 9.47. The van der Waals surface area contributed by atoms with Gasteiger partial charge in [0.1, 0.15) is 10.8 Å². The molecule has 1 heterocycles. The topological polar surface area (TPSA) is 32.5 Å². The third kappa shape index (κ3) is 3.75. The van der Waals surface area contributed by atoms with Crippen LogP contribution in [-0.4, -0.2) is 48.0 Å². The fraction of sp³-hybridized carbons (Fsp3) is 0.533. The minimum atomic E-state index is -0.220. The minimum absolute atomic E-state index is 0.220. The van der Waals surface area contributed by atoms with Gasteiger partial charge in [-0.05, 0) is 39.5 Å². The van der Waals surface area contributed by atoms with E-state index in [0.717, 1.165) is 19.5 Å². The molecular weight excluding hydrogens is 273 g/mol. The Balaban J connectivity index is 2.04. The number of hydrogen-bond donors (Lipinski definition) is 1. The number of likely N-dealkylation sites (N-methyl/N-ethyl adjacent to an activating group) is 1.